The lowest BCUT2D eigenvalue weighted by Crippen LogP contribution is -2.50. The van der Waals surface area contributed by atoms with Crippen molar-refractivity contribution in [1.29, 1.82) is 0 Å². The normalized spacial score (nSPS) is 24.6. The van der Waals surface area contributed by atoms with Crippen molar-refractivity contribution >= 4 is 23.8 Å². The van der Waals surface area contributed by atoms with E-state index in [0.29, 0.717) is 25.8 Å². The third kappa shape index (κ3) is 4.20. The number of hydrogen-bond donors (Lipinski definition) is 2. The molecule has 4 amide bonds. The van der Waals surface area contributed by atoms with Gasteiger partial charge in [0.2, 0.25) is 17.7 Å². The van der Waals surface area contributed by atoms with Gasteiger partial charge in [0.05, 0.1) is 5.41 Å². The topological polar surface area (TPSA) is 105 Å². The minimum Gasteiger partial charge on any atom is -0.444 e. The summed E-state index contributed by atoms with van der Waals surface area (Å²) >= 11 is 0. The number of imide groups is 1. The molecule has 23 heavy (non-hydrogen) atoms. The monoisotopic (exact) mass is 325 g/mol. The summed E-state index contributed by atoms with van der Waals surface area (Å²) < 4.78 is 5.07. The van der Waals surface area contributed by atoms with E-state index in [1.54, 1.807) is 25.7 Å². The van der Waals surface area contributed by atoms with E-state index in [1.165, 1.54) is 0 Å². The smallest absolute Gasteiger partial charge is 0.408 e. The molecular weight excluding hydrogens is 302 g/mol. The molecule has 2 aliphatic heterocycles. The van der Waals surface area contributed by atoms with E-state index in [9.17, 15) is 19.2 Å². The van der Waals surface area contributed by atoms with E-state index >= 15 is 0 Å². The standard InChI is InChI=1S/C15H23N3O5/c1-14(2,3)23-13(22)16-8-11(20)18-7-6-15(9-18)5-4-10(19)17-12(15)21/h4-9H2,1-3H3,(H,16,22)(H,17,19,21). The fourth-order valence-corrected chi connectivity index (χ4v) is 2.84. The Labute approximate surface area is 134 Å². The van der Waals surface area contributed by atoms with E-state index in [2.05, 4.69) is 10.6 Å². The maximum atomic E-state index is 12.2. The highest BCUT2D eigenvalue weighted by Crippen LogP contribution is 2.37. The van der Waals surface area contributed by atoms with Crippen LogP contribution in [0.4, 0.5) is 4.79 Å². The van der Waals surface area contributed by atoms with Crippen molar-refractivity contribution in [2.75, 3.05) is 19.6 Å². The van der Waals surface area contributed by atoms with Crippen molar-refractivity contribution in [3.05, 3.63) is 0 Å². The van der Waals surface area contributed by atoms with Gasteiger partial charge in [0, 0.05) is 19.5 Å². The number of piperidine rings is 1. The Balaban J connectivity index is 1.84. The molecule has 1 unspecified atom stereocenters. The van der Waals surface area contributed by atoms with E-state index in [1.807, 2.05) is 0 Å². The van der Waals surface area contributed by atoms with Crippen LogP contribution < -0.4 is 10.6 Å². The summed E-state index contributed by atoms with van der Waals surface area (Å²) in [6.45, 7) is 5.76. The Hall–Kier alpha value is -2.12. The lowest BCUT2D eigenvalue weighted by Gasteiger charge is -2.31. The third-order valence-electron chi connectivity index (χ3n) is 4.05. The van der Waals surface area contributed by atoms with Gasteiger partial charge in [-0.05, 0) is 33.6 Å². The van der Waals surface area contributed by atoms with E-state index in [-0.39, 0.29) is 30.8 Å². The second kappa shape index (κ2) is 6.17. The summed E-state index contributed by atoms with van der Waals surface area (Å²) in [6.07, 6.45) is 0.635. The molecule has 2 rings (SSSR count). The molecule has 0 aromatic carbocycles. The molecule has 128 valence electrons. The average molecular weight is 325 g/mol. The largest absolute Gasteiger partial charge is 0.444 e. The summed E-state index contributed by atoms with van der Waals surface area (Å²) in [4.78, 5) is 48.6. The van der Waals surface area contributed by atoms with Crippen molar-refractivity contribution in [3.63, 3.8) is 0 Å². The van der Waals surface area contributed by atoms with Crippen LogP contribution in [0.2, 0.25) is 0 Å². The van der Waals surface area contributed by atoms with Crippen LogP contribution in [0.25, 0.3) is 0 Å². The number of alkyl carbamates (subject to hydrolysis) is 1. The van der Waals surface area contributed by atoms with Gasteiger partial charge in [-0.1, -0.05) is 0 Å². The Morgan fingerprint density at radius 2 is 2.00 bits per heavy atom. The van der Waals surface area contributed by atoms with Crippen molar-refractivity contribution in [1.82, 2.24) is 15.5 Å². The lowest BCUT2D eigenvalue weighted by atomic mass is 9.79. The number of carbonyl (C=O) groups is 4. The zero-order valence-corrected chi connectivity index (χ0v) is 13.7. The number of nitrogens with zero attached hydrogens (tertiary/aromatic N) is 1. The zero-order valence-electron chi connectivity index (χ0n) is 13.7. The minimum atomic E-state index is -0.671. The summed E-state index contributed by atoms with van der Waals surface area (Å²) in [5.41, 5.74) is -1.30. The number of rotatable bonds is 2. The van der Waals surface area contributed by atoms with Crippen LogP contribution in [0.3, 0.4) is 0 Å². The second-order valence-corrected chi connectivity index (χ2v) is 7.08. The van der Waals surface area contributed by atoms with Crippen molar-refractivity contribution in [2.45, 2.75) is 45.6 Å². The zero-order chi connectivity index (χ0) is 17.3. The molecule has 1 spiro atoms. The highest BCUT2D eigenvalue weighted by molar-refractivity contribution is 6.01. The molecule has 2 fully saturated rings. The first-order valence-electron chi connectivity index (χ1n) is 7.70. The molecular formula is C15H23N3O5. The molecule has 2 N–H and O–H groups in total. The first kappa shape index (κ1) is 17.2. The summed E-state index contributed by atoms with van der Waals surface area (Å²) in [5.74, 6) is -0.835. The first-order chi connectivity index (χ1) is 10.6. The van der Waals surface area contributed by atoms with Crippen LogP contribution in [-0.2, 0) is 19.1 Å². The number of nitrogens with one attached hydrogen (secondary N) is 2. The summed E-state index contributed by atoms with van der Waals surface area (Å²) in [6, 6.07) is 0. The highest BCUT2D eigenvalue weighted by atomic mass is 16.6. The second-order valence-electron chi connectivity index (χ2n) is 7.08. The molecule has 1 atom stereocenters. The molecule has 0 bridgehead atoms. The molecule has 2 aliphatic rings. The average Bonchev–Trinajstić information content (AvgIpc) is 2.85. The molecule has 0 aromatic heterocycles. The van der Waals surface area contributed by atoms with Gasteiger partial charge in [-0.3, -0.25) is 19.7 Å². The number of ether oxygens (including phenoxy) is 1. The molecule has 2 heterocycles. The molecule has 8 heteroatoms. The molecule has 2 saturated heterocycles. The number of likely N-dealkylation sites (tertiary alicyclic amines) is 1. The molecule has 8 nitrogen and oxygen atoms in total. The molecule has 0 radical (unpaired) electrons. The van der Waals surface area contributed by atoms with Crippen LogP contribution >= 0.6 is 0 Å². The van der Waals surface area contributed by atoms with Crippen LogP contribution in [-0.4, -0.2) is 54.0 Å². The molecule has 0 aliphatic carbocycles. The maximum absolute atomic E-state index is 12.2. The van der Waals surface area contributed by atoms with Gasteiger partial charge >= 0.3 is 6.09 Å². The van der Waals surface area contributed by atoms with Crippen LogP contribution in [0.15, 0.2) is 0 Å². The van der Waals surface area contributed by atoms with Gasteiger partial charge in [0.25, 0.3) is 0 Å². The van der Waals surface area contributed by atoms with Gasteiger partial charge < -0.3 is 15.0 Å². The third-order valence-corrected chi connectivity index (χ3v) is 4.05. The Morgan fingerprint density at radius 3 is 2.61 bits per heavy atom. The van der Waals surface area contributed by atoms with E-state index < -0.39 is 17.1 Å². The van der Waals surface area contributed by atoms with Crippen LogP contribution in [0.5, 0.6) is 0 Å². The predicted octanol–water partition coefficient (Wildman–Crippen LogP) is 0.166. The van der Waals surface area contributed by atoms with Crippen molar-refractivity contribution in [3.8, 4) is 0 Å². The van der Waals surface area contributed by atoms with Gasteiger partial charge in [-0.2, -0.15) is 0 Å². The van der Waals surface area contributed by atoms with E-state index in [0.717, 1.165) is 0 Å². The quantitative estimate of drug-likeness (QED) is 0.704. The number of hydrogen-bond acceptors (Lipinski definition) is 5. The van der Waals surface area contributed by atoms with Gasteiger partial charge in [0.1, 0.15) is 12.1 Å². The Bertz CT molecular complexity index is 540. The van der Waals surface area contributed by atoms with Crippen molar-refractivity contribution < 1.29 is 23.9 Å². The van der Waals surface area contributed by atoms with Crippen molar-refractivity contribution in [2.24, 2.45) is 5.41 Å². The SMILES string of the molecule is CC(C)(C)OC(=O)NCC(=O)N1CCC2(CCC(=O)NC2=O)C1. The molecule has 0 saturated carbocycles. The van der Waals surface area contributed by atoms with Gasteiger partial charge in [0.15, 0.2) is 0 Å². The highest BCUT2D eigenvalue weighted by Gasteiger charge is 2.48. The maximum Gasteiger partial charge on any atom is 0.408 e. The number of carbonyl (C=O) groups excluding carboxylic acids is 4. The minimum absolute atomic E-state index is 0.175. The predicted molar refractivity (Wildman–Crippen MR) is 80.3 cm³/mol. The Morgan fingerprint density at radius 1 is 1.30 bits per heavy atom. The number of amides is 4. The fourth-order valence-electron chi connectivity index (χ4n) is 2.84. The van der Waals surface area contributed by atoms with Gasteiger partial charge in [-0.25, -0.2) is 4.79 Å². The first-order valence-corrected chi connectivity index (χ1v) is 7.70. The van der Waals surface area contributed by atoms with Gasteiger partial charge in [-0.15, -0.1) is 0 Å². The Kier molecular flexibility index (Phi) is 4.63. The molecule has 0 aromatic rings. The van der Waals surface area contributed by atoms with Crippen LogP contribution in [0.1, 0.15) is 40.0 Å². The van der Waals surface area contributed by atoms with E-state index in [4.69, 9.17) is 4.74 Å². The summed E-state index contributed by atoms with van der Waals surface area (Å²) in [7, 11) is 0. The lowest BCUT2D eigenvalue weighted by molar-refractivity contribution is -0.141. The fraction of sp³-hybridized carbons (Fsp3) is 0.733. The van der Waals surface area contributed by atoms with Crippen LogP contribution in [0, 0.1) is 5.41 Å². The summed E-state index contributed by atoms with van der Waals surface area (Å²) in [5, 5.41) is 4.76.